The fourth-order valence-electron chi connectivity index (χ4n) is 1.86. The van der Waals surface area contributed by atoms with Crippen LogP contribution in [0.15, 0.2) is 23.0 Å². The third-order valence-corrected chi connectivity index (χ3v) is 2.92. The molecular weight excluding hydrogens is 260 g/mol. The first kappa shape index (κ1) is 16.1. The van der Waals surface area contributed by atoms with Crippen molar-refractivity contribution in [1.29, 1.82) is 0 Å². The molecule has 1 rings (SSSR count). The first-order chi connectivity index (χ1) is 9.21. The van der Waals surface area contributed by atoms with E-state index in [0.29, 0.717) is 6.54 Å². The van der Waals surface area contributed by atoms with Crippen molar-refractivity contribution < 1.29 is 19.1 Å². The Hall–Kier alpha value is -1.98. The molecule has 0 aliphatic heterocycles. The minimum atomic E-state index is -0.912. The van der Waals surface area contributed by atoms with Crippen molar-refractivity contribution in [3.8, 4) is 0 Å². The summed E-state index contributed by atoms with van der Waals surface area (Å²) in [6.07, 6.45) is 3.07. The monoisotopic (exact) mass is 282 g/mol. The average molecular weight is 282 g/mol. The van der Waals surface area contributed by atoms with Gasteiger partial charge in [0.1, 0.15) is 0 Å². The minimum absolute atomic E-state index is 0.0669. The molecule has 0 unspecified atom stereocenters. The number of hydrogen-bond acceptors (Lipinski definition) is 3. The van der Waals surface area contributed by atoms with E-state index in [1.165, 1.54) is 0 Å². The molecule has 0 radical (unpaired) electrons. The van der Waals surface area contributed by atoms with Crippen LogP contribution in [0.5, 0.6) is 0 Å². The number of carboxylic acids is 1. The molecule has 0 aromatic carbocycles. The molecule has 1 aromatic rings. The Morgan fingerprint density at radius 3 is 2.45 bits per heavy atom. The van der Waals surface area contributed by atoms with Crippen molar-refractivity contribution in [3.05, 3.63) is 24.2 Å². The Balaban J connectivity index is 2.73. The summed E-state index contributed by atoms with van der Waals surface area (Å²) >= 11 is 0. The Labute approximate surface area is 119 Å². The van der Waals surface area contributed by atoms with E-state index < -0.39 is 11.5 Å². The van der Waals surface area contributed by atoms with Gasteiger partial charge in [-0.1, -0.05) is 0 Å². The molecule has 1 heterocycles. The summed E-state index contributed by atoms with van der Waals surface area (Å²) in [4.78, 5) is 26.3. The molecule has 6 heteroatoms. The minimum Gasteiger partial charge on any atom is -0.481 e. The summed E-state index contributed by atoms with van der Waals surface area (Å²) in [5.74, 6) is -0.912. The zero-order valence-electron chi connectivity index (χ0n) is 12.4. The molecule has 0 aliphatic carbocycles. The predicted molar refractivity (Wildman–Crippen MR) is 74.3 cm³/mol. The van der Waals surface area contributed by atoms with Gasteiger partial charge in [-0.25, -0.2) is 4.79 Å². The highest BCUT2D eigenvalue weighted by Crippen LogP contribution is 2.17. The zero-order chi connectivity index (χ0) is 15.3. The van der Waals surface area contributed by atoms with E-state index in [2.05, 4.69) is 0 Å². The van der Waals surface area contributed by atoms with Gasteiger partial charge in [-0.2, -0.15) is 0 Å². The van der Waals surface area contributed by atoms with Gasteiger partial charge in [0.05, 0.1) is 25.5 Å². The lowest BCUT2D eigenvalue weighted by molar-refractivity contribution is -0.137. The molecular formula is C14H22N2O4. The van der Waals surface area contributed by atoms with Crippen LogP contribution in [0.25, 0.3) is 0 Å². The SMILES string of the molecule is CN(Cc1ccoc1)C(=O)N(CCC(=O)O)C(C)(C)C. The van der Waals surface area contributed by atoms with Gasteiger partial charge in [-0.15, -0.1) is 0 Å². The highest BCUT2D eigenvalue weighted by molar-refractivity contribution is 5.76. The van der Waals surface area contributed by atoms with Crippen molar-refractivity contribution in [2.45, 2.75) is 39.3 Å². The number of aliphatic carboxylic acids is 1. The highest BCUT2D eigenvalue weighted by Gasteiger charge is 2.29. The third kappa shape index (κ3) is 4.60. The largest absolute Gasteiger partial charge is 0.481 e. The number of hydrogen-bond donors (Lipinski definition) is 1. The van der Waals surface area contributed by atoms with E-state index in [4.69, 9.17) is 9.52 Å². The van der Waals surface area contributed by atoms with Crippen LogP contribution in [0.3, 0.4) is 0 Å². The van der Waals surface area contributed by atoms with Gasteiger partial charge in [-0.05, 0) is 26.8 Å². The molecule has 0 saturated carbocycles. The first-order valence-electron chi connectivity index (χ1n) is 6.47. The lowest BCUT2D eigenvalue weighted by atomic mass is 10.1. The van der Waals surface area contributed by atoms with E-state index in [1.54, 1.807) is 35.4 Å². The van der Waals surface area contributed by atoms with Gasteiger partial charge in [0.25, 0.3) is 0 Å². The fourth-order valence-corrected chi connectivity index (χ4v) is 1.86. The summed E-state index contributed by atoms with van der Waals surface area (Å²) in [5, 5.41) is 8.79. The van der Waals surface area contributed by atoms with Crippen LogP contribution in [0.1, 0.15) is 32.8 Å². The van der Waals surface area contributed by atoms with E-state index >= 15 is 0 Å². The zero-order valence-corrected chi connectivity index (χ0v) is 12.4. The summed E-state index contributed by atoms with van der Waals surface area (Å²) in [7, 11) is 1.69. The smallest absolute Gasteiger partial charge is 0.320 e. The Morgan fingerprint density at radius 1 is 1.35 bits per heavy atom. The second kappa shape index (κ2) is 6.45. The highest BCUT2D eigenvalue weighted by atomic mass is 16.4. The Bertz CT molecular complexity index is 448. The van der Waals surface area contributed by atoms with Crippen molar-refractivity contribution in [2.24, 2.45) is 0 Å². The van der Waals surface area contributed by atoms with Crippen molar-refractivity contribution in [2.75, 3.05) is 13.6 Å². The summed E-state index contributed by atoms with van der Waals surface area (Å²) in [5.41, 5.74) is 0.463. The van der Waals surface area contributed by atoms with Gasteiger partial charge < -0.3 is 19.3 Å². The van der Waals surface area contributed by atoms with Crippen LogP contribution >= 0.6 is 0 Å². The molecule has 0 bridgehead atoms. The summed E-state index contributed by atoms with van der Waals surface area (Å²) < 4.78 is 4.97. The number of nitrogens with zero attached hydrogens (tertiary/aromatic N) is 2. The molecule has 6 nitrogen and oxygen atoms in total. The maximum Gasteiger partial charge on any atom is 0.320 e. The predicted octanol–water partition coefficient (Wildman–Crippen LogP) is 2.41. The number of carboxylic acid groups (broad SMARTS) is 1. The van der Waals surface area contributed by atoms with Gasteiger partial charge in [0, 0.05) is 24.7 Å². The number of urea groups is 1. The van der Waals surface area contributed by atoms with Gasteiger partial charge in [-0.3, -0.25) is 4.79 Å². The first-order valence-corrected chi connectivity index (χ1v) is 6.47. The van der Waals surface area contributed by atoms with Crippen molar-refractivity contribution in [1.82, 2.24) is 9.80 Å². The number of carbonyl (C=O) groups excluding carboxylic acids is 1. The van der Waals surface area contributed by atoms with E-state index in [0.717, 1.165) is 5.56 Å². The topological polar surface area (TPSA) is 74.0 Å². The molecule has 20 heavy (non-hydrogen) atoms. The maximum atomic E-state index is 12.5. The van der Waals surface area contributed by atoms with Crippen LogP contribution in [-0.2, 0) is 11.3 Å². The molecule has 0 atom stereocenters. The van der Waals surface area contributed by atoms with Gasteiger partial charge in [0.2, 0.25) is 0 Å². The number of amides is 2. The maximum absolute atomic E-state index is 12.5. The van der Waals surface area contributed by atoms with Crippen LogP contribution < -0.4 is 0 Å². The Kier molecular flexibility index (Phi) is 5.19. The van der Waals surface area contributed by atoms with E-state index in [9.17, 15) is 9.59 Å². The number of furan rings is 1. The second-order valence-electron chi connectivity index (χ2n) is 5.74. The molecule has 1 aromatic heterocycles. The standard InChI is InChI=1S/C14H22N2O4/c1-14(2,3)16(7-5-12(17)18)13(19)15(4)9-11-6-8-20-10-11/h6,8,10H,5,7,9H2,1-4H3,(H,17,18). The van der Waals surface area contributed by atoms with Crippen molar-refractivity contribution in [3.63, 3.8) is 0 Å². The lowest BCUT2D eigenvalue weighted by Crippen LogP contribution is -2.51. The molecule has 0 aliphatic rings. The summed E-state index contributed by atoms with van der Waals surface area (Å²) in [6, 6.07) is 1.60. The molecule has 0 spiro atoms. The average Bonchev–Trinajstić information content (AvgIpc) is 2.79. The molecule has 0 fully saturated rings. The van der Waals surface area contributed by atoms with Crippen LogP contribution in [-0.4, -0.2) is 46.0 Å². The molecule has 1 N–H and O–H groups in total. The van der Waals surface area contributed by atoms with Gasteiger partial charge >= 0.3 is 12.0 Å². The fraction of sp³-hybridized carbons (Fsp3) is 0.571. The van der Waals surface area contributed by atoms with Crippen LogP contribution in [0, 0.1) is 0 Å². The summed E-state index contributed by atoms with van der Waals surface area (Å²) in [6.45, 7) is 6.28. The van der Waals surface area contributed by atoms with Crippen LogP contribution in [0.4, 0.5) is 4.79 Å². The molecule has 0 saturated heterocycles. The van der Waals surface area contributed by atoms with Gasteiger partial charge in [0.15, 0.2) is 0 Å². The third-order valence-electron chi connectivity index (χ3n) is 2.92. The van der Waals surface area contributed by atoms with E-state index in [1.807, 2.05) is 20.8 Å². The van der Waals surface area contributed by atoms with Crippen LogP contribution in [0.2, 0.25) is 0 Å². The quantitative estimate of drug-likeness (QED) is 0.900. The number of carbonyl (C=O) groups is 2. The lowest BCUT2D eigenvalue weighted by Gasteiger charge is -2.38. The molecule has 112 valence electrons. The number of rotatable bonds is 5. The normalized spacial score (nSPS) is 11.2. The molecule has 2 amide bonds. The Morgan fingerprint density at radius 2 is 2.00 bits per heavy atom. The second-order valence-corrected chi connectivity index (χ2v) is 5.74. The van der Waals surface area contributed by atoms with E-state index in [-0.39, 0.29) is 19.0 Å². The van der Waals surface area contributed by atoms with Crippen molar-refractivity contribution >= 4 is 12.0 Å².